The van der Waals surface area contributed by atoms with Crippen molar-refractivity contribution >= 4 is 11.6 Å². The lowest BCUT2D eigenvalue weighted by molar-refractivity contribution is 0.273. The summed E-state index contributed by atoms with van der Waals surface area (Å²) in [5.41, 5.74) is 7.21. The number of fused-ring (bicyclic) bond motifs is 1. The molecule has 0 amide bonds. The van der Waals surface area contributed by atoms with Gasteiger partial charge in [0.15, 0.2) is 0 Å². The van der Waals surface area contributed by atoms with Crippen LogP contribution in [0.1, 0.15) is 38.2 Å². The lowest BCUT2D eigenvalue weighted by Gasteiger charge is -2.28. The molecule has 2 fully saturated rings. The number of rotatable bonds is 3. The van der Waals surface area contributed by atoms with E-state index < -0.39 is 0 Å². The molecule has 5 nitrogen and oxygen atoms in total. The molecule has 3 heterocycles. The van der Waals surface area contributed by atoms with Gasteiger partial charge < -0.3 is 10.6 Å². The molecule has 110 valence electrons. The van der Waals surface area contributed by atoms with E-state index in [1.165, 1.54) is 32.4 Å². The van der Waals surface area contributed by atoms with Gasteiger partial charge in [-0.25, -0.2) is 9.97 Å². The van der Waals surface area contributed by atoms with Crippen LogP contribution < -0.4 is 10.6 Å². The molecule has 0 aliphatic carbocycles. The normalized spacial score (nSPS) is 23.6. The van der Waals surface area contributed by atoms with Crippen LogP contribution in [0.15, 0.2) is 6.33 Å². The molecular weight excluding hydrogens is 250 g/mol. The minimum atomic E-state index is 0.657. The summed E-state index contributed by atoms with van der Waals surface area (Å²) in [4.78, 5) is 13.8. The molecule has 5 heteroatoms. The fourth-order valence-corrected chi connectivity index (χ4v) is 3.58. The number of hydrogen-bond acceptors (Lipinski definition) is 5. The van der Waals surface area contributed by atoms with Crippen molar-refractivity contribution in [2.45, 2.75) is 45.1 Å². The summed E-state index contributed by atoms with van der Waals surface area (Å²) in [5, 5.41) is 0. The second kappa shape index (κ2) is 5.95. The van der Waals surface area contributed by atoms with E-state index in [0.29, 0.717) is 11.9 Å². The van der Waals surface area contributed by atoms with Crippen molar-refractivity contribution in [2.75, 3.05) is 36.8 Å². The van der Waals surface area contributed by atoms with E-state index in [0.717, 1.165) is 37.3 Å². The van der Waals surface area contributed by atoms with Crippen molar-refractivity contribution in [1.29, 1.82) is 0 Å². The zero-order valence-corrected chi connectivity index (χ0v) is 12.4. The van der Waals surface area contributed by atoms with Gasteiger partial charge in [-0.15, -0.1) is 0 Å². The average Bonchev–Trinajstić information content (AvgIpc) is 2.79. The van der Waals surface area contributed by atoms with E-state index in [9.17, 15) is 0 Å². The van der Waals surface area contributed by atoms with Gasteiger partial charge in [0.05, 0.1) is 0 Å². The summed E-state index contributed by atoms with van der Waals surface area (Å²) in [5.74, 6) is 1.73. The molecule has 3 rings (SSSR count). The third-order valence-electron chi connectivity index (χ3n) is 4.56. The minimum absolute atomic E-state index is 0.657. The molecule has 2 N–H and O–H groups in total. The highest BCUT2D eigenvalue weighted by Crippen LogP contribution is 2.28. The molecule has 20 heavy (non-hydrogen) atoms. The van der Waals surface area contributed by atoms with Gasteiger partial charge in [0.25, 0.3) is 0 Å². The first-order chi connectivity index (χ1) is 9.79. The van der Waals surface area contributed by atoms with Crippen molar-refractivity contribution in [3.63, 3.8) is 0 Å². The van der Waals surface area contributed by atoms with Crippen LogP contribution in [0.4, 0.5) is 11.6 Å². The Balaban J connectivity index is 1.86. The van der Waals surface area contributed by atoms with E-state index in [1.54, 1.807) is 6.33 Å². The third-order valence-corrected chi connectivity index (χ3v) is 4.56. The molecule has 1 aromatic rings. The molecule has 0 spiro atoms. The largest absolute Gasteiger partial charge is 0.383 e. The average molecular weight is 275 g/mol. The Morgan fingerprint density at radius 2 is 2.10 bits per heavy atom. The Morgan fingerprint density at radius 3 is 2.95 bits per heavy atom. The van der Waals surface area contributed by atoms with Gasteiger partial charge in [-0.1, -0.05) is 13.3 Å². The summed E-state index contributed by atoms with van der Waals surface area (Å²) in [6.45, 7) is 6.85. The molecule has 2 saturated heterocycles. The first-order valence-corrected chi connectivity index (χ1v) is 7.88. The van der Waals surface area contributed by atoms with E-state index in [1.807, 2.05) is 0 Å². The Morgan fingerprint density at radius 1 is 1.25 bits per heavy atom. The molecule has 1 aromatic heterocycles. The first kappa shape index (κ1) is 13.6. The number of anilines is 2. The predicted molar refractivity (Wildman–Crippen MR) is 81.9 cm³/mol. The zero-order valence-electron chi connectivity index (χ0n) is 12.4. The minimum Gasteiger partial charge on any atom is -0.383 e. The van der Waals surface area contributed by atoms with Crippen molar-refractivity contribution in [1.82, 2.24) is 14.9 Å². The van der Waals surface area contributed by atoms with Crippen LogP contribution in [0.5, 0.6) is 0 Å². The highest BCUT2D eigenvalue weighted by atomic mass is 15.3. The first-order valence-electron chi connectivity index (χ1n) is 7.88. The Hall–Kier alpha value is -1.36. The fourth-order valence-electron chi connectivity index (χ4n) is 3.58. The molecule has 1 atom stereocenters. The molecule has 2 aliphatic heterocycles. The van der Waals surface area contributed by atoms with Gasteiger partial charge in [-0.3, -0.25) is 4.90 Å². The second-order valence-electron chi connectivity index (χ2n) is 5.94. The van der Waals surface area contributed by atoms with Crippen molar-refractivity contribution < 1.29 is 0 Å². The number of nitrogen functional groups attached to an aromatic ring is 1. The summed E-state index contributed by atoms with van der Waals surface area (Å²) in [6.07, 6.45) is 7.53. The van der Waals surface area contributed by atoms with E-state index in [2.05, 4.69) is 26.7 Å². The molecule has 0 radical (unpaired) electrons. The highest BCUT2D eigenvalue weighted by molar-refractivity contribution is 5.57. The van der Waals surface area contributed by atoms with Gasteiger partial charge in [-0.05, 0) is 32.2 Å². The maximum Gasteiger partial charge on any atom is 0.137 e. The van der Waals surface area contributed by atoms with Crippen LogP contribution in [0.25, 0.3) is 0 Å². The Kier molecular flexibility index (Phi) is 4.05. The van der Waals surface area contributed by atoms with Gasteiger partial charge in [0, 0.05) is 31.2 Å². The van der Waals surface area contributed by atoms with Crippen LogP contribution in [0.2, 0.25) is 0 Å². The maximum atomic E-state index is 6.07. The summed E-state index contributed by atoms with van der Waals surface area (Å²) in [6, 6.07) is 0.697. The van der Waals surface area contributed by atoms with Gasteiger partial charge in [0.1, 0.15) is 18.0 Å². The van der Waals surface area contributed by atoms with E-state index in [-0.39, 0.29) is 0 Å². The molecule has 0 aromatic carbocycles. The van der Waals surface area contributed by atoms with Crippen molar-refractivity contribution in [3.05, 3.63) is 11.9 Å². The second-order valence-corrected chi connectivity index (χ2v) is 5.94. The lowest BCUT2D eigenvalue weighted by Crippen LogP contribution is -2.37. The van der Waals surface area contributed by atoms with Crippen molar-refractivity contribution in [2.24, 2.45) is 0 Å². The topological polar surface area (TPSA) is 58.3 Å². The molecule has 2 aliphatic rings. The van der Waals surface area contributed by atoms with Gasteiger partial charge in [0.2, 0.25) is 0 Å². The predicted octanol–water partition coefficient (Wildman–Crippen LogP) is 1.69. The van der Waals surface area contributed by atoms with Crippen molar-refractivity contribution in [3.8, 4) is 0 Å². The maximum absolute atomic E-state index is 6.07. The molecule has 0 bridgehead atoms. The van der Waals surface area contributed by atoms with E-state index >= 15 is 0 Å². The van der Waals surface area contributed by atoms with Gasteiger partial charge >= 0.3 is 0 Å². The number of nitrogens with two attached hydrogens (primary N) is 1. The number of hydrogen-bond donors (Lipinski definition) is 1. The molecule has 1 unspecified atom stereocenters. The monoisotopic (exact) mass is 275 g/mol. The number of nitrogens with zero attached hydrogens (tertiary/aromatic N) is 4. The quantitative estimate of drug-likeness (QED) is 0.909. The molecule has 0 saturated carbocycles. The third kappa shape index (κ3) is 2.59. The lowest BCUT2D eigenvalue weighted by atomic mass is 10.1. The standard InChI is InChI=1S/C15H25N5/c1-2-5-13-14(16)17-11-18-15(13)20-9-4-8-19-7-3-6-12(19)10-20/h11-12H,2-10H2,1H3,(H2,16,17,18). The Labute approximate surface area is 121 Å². The smallest absolute Gasteiger partial charge is 0.137 e. The van der Waals surface area contributed by atoms with Crippen LogP contribution in [0, 0.1) is 0 Å². The summed E-state index contributed by atoms with van der Waals surface area (Å²) >= 11 is 0. The summed E-state index contributed by atoms with van der Waals surface area (Å²) < 4.78 is 0. The highest BCUT2D eigenvalue weighted by Gasteiger charge is 2.30. The summed E-state index contributed by atoms with van der Waals surface area (Å²) in [7, 11) is 0. The van der Waals surface area contributed by atoms with Crippen LogP contribution >= 0.6 is 0 Å². The van der Waals surface area contributed by atoms with E-state index in [4.69, 9.17) is 5.73 Å². The van der Waals surface area contributed by atoms with Crippen LogP contribution in [-0.4, -0.2) is 47.1 Å². The van der Waals surface area contributed by atoms with Crippen LogP contribution in [-0.2, 0) is 6.42 Å². The Bertz CT molecular complexity index is 462. The SMILES string of the molecule is CCCc1c(N)ncnc1N1CCCN2CCCC2C1. The fraction of sp³-hybridized carbons (Fsp3) is 0.733. The zero-order chi connectivity index (χ0) is 13.9. The molecular formula is C15H25N5. The van der Waals surface area contributed by atoms with Gasteiger partial charge in [-0.2, -0.15) is 0 Å². The van der Waals surface area contributed by atoms with Crippen LogP contribution in [0.3, 0.4) is 0 Å². The number of aromatic nitrogens is 2.